The molecule has 88 valence electrons. The smallest absolute Gasteiger partial charge is 0.129 e. The van der Waals surface area contributed by atoms with Crippen molar-refractivity contribution < 1.29 is 9.13 Å². The van der Waals surface area contributed by atoms with E-state index < -0.39 is 0 Å². The Balaban J connectivity index is 2.55. The summed E-state index contributed by atoms with van der Waals surface area (Å²) in [5.41, 5.74) is 14.0. The van der Waals surface area contributed by atoms with Crippen LogP contribution >= 0.6 is 0 Å². The molecular weight excluding hydrogens is 219 g/mol. The summed E-state index contributed by atoms with van der Waals surface area (Å²) in [7, 11) is 1.50. The molecule has 0 fully saturated rings. The molecule has 4 N–H and O–H groups in total. The number of methoxy groups -OCH3 is 1. The first-order valence-corrected chi connectivity index (χ1v) is 5.10. The number of hydrogen-bond donors (Lipinski definition) is 2. The molecular formula is C13H13FN2O. The molecule has 17 heavy (non-hydrogen) atoms. The maximum absolute atomic E-state index is 13.1. The molecule has 0 bridgehead atoms. The van der Waals surface area contributed by atoms with Crippen LogP contribution in [0.3, 0.4) is 0 Å². The van der Waals surface area contributed by atoms with Gasteiger partial charge in [0.1, 0.15) is 11.6 Å². The van der Waals surface area contributed by atoms with E-state index in [-0.39, 0.29) is 5.82 Å². The van der Waals surface area contributed by atoms with Crippen LogP contribution in [0.4, 0.5) is 15.8 Å². The van der Waals surface area contributed by atoms with Gasteiger partial charge < -0.3 is 16.2 Å². The van der Waals surface area contributed by atoms with Crippen molar-refractivity contribution >= 4 is 11.4 Å². The molecule has 0 atom stereocenters. The van der Waals surface area contributed by atoms with Gasteiger partial charge in [0.05, 0.1) is 18.5 Å². The van der Waals surface area contributed by atoms with Crippen LogP contribution in [0.5, 0.6) is 5.75 Å². The van der Waals surface area contributed by atoms with Crippen molar-refractivity contribution in [3.63, 3.8) is 0 Å². The lowest BCUT2D eigenvalue weighted by atomic mass is 10.0. The van der Waals surface area contributed by atoms with Crippen LogP contribution in [-0.4, -0.2) is 7.11 Å². The lowest BCUT2D eigenvalue weighted by Crippen LogP contribution is -1.95. The molecule has 0 radical (unpaired) electrons. The largest absolute Gasteiger partial charge is 0.496 e. The third kappa shape index (κ3) is 2.15. The number of hydrogen-bond acceptors (Lipinski definition) is 3. The molecule has 0 aromatic heterocycles. The first-order valence-electron chi connectivity index (χ1n) is 5.10. The van der Waals surface area contributed by atoms with Crippen LogP contribution in [-0.2, 0) is 0 Å². The van der Waals surface area contributed by atoms with Crippen molar-refractivity contribution in [1.82, 2.24) is 0 Å². The van der Waals surface area contributed by atoms with E-state index in [9.17, 15) is 4.39 Å². The van der Waals surface area contributed by atoms with Gasteiger partial charge in [0.2, 0.25) is 0 Å². The molecule has 0 heterocycles. The Hall–Kier alpha value is -2.23. The fourth-order valence-corrected chi connectivity index (χ4v) is 1.65. The zero-order valence-electron chi connectivity index (χ0n) is 9.41. The number of nitrogen functional groups attached to an aromatic ring is 2. The molecule has 4 heteroatoms. The monoisotopic (exact) mass is 232 g/mol. The summed E-state index contributed by atoms with van der Waals surface area (Å²) >= 11 is 0. The first kappa shape index (κ1) is 11.3. The van der Waals surface area contributed by atoms with Crippen LogP contribution in [0.15, 0.2) is 36.4 Å². The number of rotatable bonds is 2. The summed E-state index contributed by atoms with van der Waals surface area (Å²) in [4.78, 5) is 0. The Kier molecular flexibility index (Phi) is 2.87. The highest BCUT2D eigenvalue weighted by Crippen LogP contribution is 2.32. The van der Waals surface area contributed by atoms with Gasteiger partial charge in [-0.2, -0.15) is 0 Å². The maximum Gasteiger partial charge on any atom is 0.129 e. The van der Waals surface area contributed by atoms with E-state index in [4.69, 9.17) is 16.2 Å². The fraction of sp³-hybridized carbons (Fsp3) is 0.0769. The van der Waals surface area contributed by atoms with E-state index in [1.165, 1.54) is 19.2 Å². The van der Waals surface area contributed by atoms with Gasteiger partial charge in [0, 0.05) is 11.6 Å². The number of nitrogens with two attached hydrogens (primary N) is 2. The third-order valence-corrected chi connectivity index (χ3v) is 2.56. The Labute approximate surface area is 98.8 Å². The van der Waals surface area contributed by atoms with E-state index in [1.54, 1.807) is 18.2 Å². The normalized spacial score (nSPS) is 10.2. The molecule has 2 rings (SSSR count). The average molecular weight is 232 g/mol. The van der Waals surface area contributed by atoms with E-state index in [1.807, 2.05) is 6.07 Å². The topological polar surface area (TPSA) is 61.3 Å². The van der Waals surface area contributed by atoms with Crippen molar-refractivity contribution in [1.29, 1.82) is 0 Å². The predicted molar refractivity (Wildman–Crippen MR) is 67.2 cm³/mol. The summed E-state index contributed by atoms with van der Waals surface area (Å²) in [6.07, 6.45) is 0. The minimum absolute atomic E-state index is 0.339. The second-order valence-electron chi connectivity index (χ2n) is 3.69. The number of anilines is 2. The second-order valence-corrected chi connectivity index (χ2v) is 3.69. The molecule has 2 aromatic carbocycles. The highest BCUT2D eigenvalue weighted by molar-refractivity contribution is 5.77. The quantitative estimate of drug-likeness (QED) is 0.782. The molecule has 3 nitrogen and oxygen atoms in total. The molecule has 0 amide bonds. The van der Waals surface area contributed by atoms with Gasteiger partial charge in [0.15, 0.2) is 0 Å². The SMILES string of the molecule is COc1cc(F)ccc1-c1ccc(N)c(N)c1. The summed E-state index contributed by atoms with van der Waals surface area (Å²) in [5.74, 6) is 0.128. The van der Waals surface area contributed by atoms with Crippen LogP contribution in [0, 0.1) is 5.82 Å². The van der Waals surface area contributed by atoms with Crippen molar-refractivity contribution in [2.24, 2.45) is 0 Å². The van der Waals surface area contributed by atoms with E-state index in [0.717, 1.165) is 11.1 Å². The highest BCUT2D eigenvalue weighted by atomic mass is 19.1. The Morgan fingerprint density at radius 3 is 2.41 bits per heavy atom. The van der Waals surface area contributed by atoms with Gasteiger partial charge in [-0.15, -0.1) is 0 Å². The molecule has 0 aliphatic rings. The molecule has 2 aromatic rings. The van der Waals surface area contributed by atoms with E-state index in [2.05, 4.69) is 0 Å². The Morgan fingerprint density at radius 2 is 1.76 bits per heavy atom. The molecule has 0 saturated carbocycles. The highest BCUT2D eigenvalue weighted by Gasteiger charge is 2.08. The zero-order valence-corrected chi connectivity index (χ0v) is 9.41. The maximum atomic E-state index is 13.1. The molecule has 0 unspecified atom stereocenters. The molecule has 0 spiro atoms. The van der Waals surface area contributed by atoms with Crippen LogP contribution in [0.25, 0.3) is 11.1 Å². The van der Waals surface area contributed by atoms with Crippen molar-refractivity contribution in [3.05, 3.63) is 42.2 Å². The van der Waals surface area contributed by atoms with Gasteiger partial charge in [-0.05, 0) is 29.8 Å². The molecule has 0 aliphatic carbocycles. The molecule has 0 saturated heterocycles. The predicted octanol–water partition coefficient (Wildman–Crippen LogP) is 2.67. The summed E-state index contributed by atoms with van der Waals surface area (Å²) in [6, 6.07) is 9.64. The van der Waals surface area contributed by atoms with Crippen molar-refractivity contribution in [2.75, 3.05) is 18.6 Å². The van der Waals surface area contributed by atoms with Crippen LogP contribution < -0.4 is 16.2 Å². The first-order chi connectivity index (χ1) is 8.11. The number of ether oxygens (including phenoxy) is 1. The number of benzene rings is 2. The standard InChI is InChI=1S/C13H13FN2O/c1-17-13-7-9(14)3-4-10(13)8-2-5-11(15)12(16)6-8/h2-7H,15-16H2,1H3. The summed E-state index contributed by atoms with van der Waals surface area (Å²) < 4.78 is 18.2. The van der Waals surface area contributed by atoms with Gasteiger partial charge in [-0.3, -0.25) is 0 Å². The average Bonchev–Trinajstić information content (AvgIpc) is 2.32. The van der Waals surface area contributed by atoms with Gasteiger partial charge in [0.25, 0.3) is 0 Å². The minimum Gasteiger partial charge on any atom is -0.496 e. The fourth-order valence-electron chi connectivity index (χ4n) is 1.65. The lowest BCUT2D eigenvalue weighted by Gasteiger charge is -2.10. The summed E-state index contributed by atoms with van der Waals surface area (Å²) in [5, 5.41) is 0. The van der Waals surface area contributed by atoms with Crippen LogP contribution in [0.1, 0.15) is 0 Å². The molecule has 0 aliphatic heterocycles. The van der Waals surface area contributed by atoms with Gasteiger partial charge in [-0.1, -0.05) is 6.07 Å². The summed E-state index contributed by atoms with van der Waals surface area (Å²) in [6.45, 7) is 0. The van der Waals surface area contributed by atoms with Crippen molar-refractivity contribution in [3.8, 4) is 16.9 Å². The lowest BCUT2D eigenvalue weighted by molar-refractivity contribution is 0.413. The van der Waals surface area contributed by atoms with E-state index >= 15 is 0 Å². The third-order valence-electron chi connectivity index (χ3n) is 2.56. The van der Waals surface area contributed by atoms with Gasteiger partial charge in [-0.25, -0.2) is 4.39 Å². The Morgan fingerprint density at radius 1 is 1.00 bits per heavy atom. The van der Waals surface area contributed by atoms with E-state index in [0.29, 0.717) is 17.1 Å². The second kappa shape index (κ2) is 4.33. The minimum atomic E-state index is -0.339. The zero-order chi connectivity index (χ0) is 12.4. The van der Waals surface area contributed by atoms with Crippen LogP contribution in [0.2, 0.25) is 0 Å². The van der Waals surface area contributed by atoms with Gasteiger partial charge >= 0.3 is 0 Å². The Bertz CT molecular complexity index is 555. The van der Waals surface area contributed by atoms with Crippen molar-refractivity contribution in [2.45, 2.75) is 0 Å². The number of halogens is 1.